The third-order valence-corrected chi connectivity index (χ3v) is 12.3. The second-order valence-electron chi connectivity index (χ2n) is 15.1. The summed E-state index contributed by atoms with van der Waals surface area (Å²) in [6.45, 7) is 8.73. The highest BCUT2D eigenvalue weighted by Crippen LogP contribution is 2.39. The maximum Gasteiger partial charge on any atom is 0.274 e. The summed E-state index contributed by atoms with van der Waals surface area (Å²) in [5.41, 5.74) is 1.98. The van der Waals surface area contributed by atoms with Gasteiger partial charge >= 0.3 is 0 Å². The van der Waals surface area contributed by atoms with Gasteiger partial charge in [-0.1, -0.05) is 17.4 Å². The number of nitrogens with zero attached hydrogens (tertiary/aromatic N) is 6. The first-order valence-electron chi connectivity index (χ1n) is 18.7. The summed E-state index contributed by atoms with van der Waals surface area (Å²) in [4.78, 5) is 67.2. The number of piperazine rings is 1. The fraction of sp³-hybridized carbons (Fsp3) is 0.487. The van der Waals surface area contributed by atoms with Crippen LogP contribution in [0.3, 0.4) is 0 Å². The number of thiazole rings is 1. The third-order valence-electron chi connectivity index (χ3n) is 11.2. The van der Waals surface area contributed by atoms with Gasteiger partial charge in [0.15, 0.2) is 5.13 Å². The molecule has 7 heterocycles. The van der Waals surface area contributed by atoms with Crippen LogP contribution in [0.15, 0.2) is 53.6 Å². The molecule has 1 aromatic carbocycles. The number of piperidine rings is 2. The molecule has 4 aromatic rings. The minimum absolute atomic E-state index is 0.146. The largest absolute Gasteiger partial charge is 0.490 e. The summed E-state index contributed by atoms with van der Waals surface area (Å²) in [6.07, 6.45) is 8.80. The number of anilines is 3. The van der Waals surface area contributed by atoms with Gasteiger partial charge in [-0.25, -0.2) is 9.97 Å². The lowest BCUT2D eigenvalue weighted by Crippen LogP contribution is -2.55. The maximum absolute atomic E-state index is 13.5. The molecule has 4 aliphatic rings. The molecule has 278 valence electrons. The van der Waals surface area contributed by atoms with Crippen LogP contribution >= 0.6 is 11.3 Å². The van der Waals surface area contributed by atoms with E-state index < -0.39 is 5.91 Å². The van der Waals surface area contributed by atoms with Gasteiger partial charge in [0.2, 0.25) is 11.8 Å². The van der Waals surface area contributed by atoms with Crippen LogP contribution in [0.1, 0.15) is 74.2 Å². The number of aromatic nitrogens is 3. The predicted molar refractivity (Wildman–Crippen MR) is 205 cm³/mol. The number of hydrogen-bond donors (Lipinski definition) is 2. The smallest absolute Gasteiger partial charge is 0.274 e. The molecule has 0 aliphatic carbocycles. The molecule has 14 heteroatoms. The van der Waals surface area contributed by atoms with Crippen molar-refractivity contribution >= 4 is 55.9 Å². The fourth-order valence-corrected chi connectivity index (χ4v) is 9.38. The molecule has 4 saturated heterocycles. The Morgan fingerprint density at radius 1 is 1.02 bits per heavy atom. The number of nitrogens with one attached hydrogen (secondary N) is 2. The van der Waals surface area contributed by atoms with Crippen LogP contribution in [-0.2, 0) is 16.6 Å². The zero-order valence-electron chi connectivity index (χ0n) is 30.4. The average molecular weight is 739 g/mol. The molecule has 8 rings (SSSR count). The molecule has 53 heavy (non-hydrogen) atoms. The Bertz CT molecular complexity index is 2080. The summed E-state index contributed by atoms with van der Waals surface area (Å²) in [7, 11) is 1.65. The highest BCUT2D eigenvalue weighted by molar-refractivity contribution is 7.22. The summed E-state index contributed by atoms with van der Waals surface area (Å²) in [5.74, 6) is 0.892. The van der Waals surface area contributed by atoms with Gasteiger partial charge in [-0.2, -0.15) is 0 Å². The summed E-state index contributed by atoms with van der Waals surface area (Å²) >= 11 is 1.60. The first kappa shape index (κ1) is 35.2. The van der Waals surface area contributed by atoms with Crippen LogP contribution in [0, 0.1) is 5.92 Å². The van der Waals surface area contributed by atoms with Gasteiger partial charge in [0.1, 0.15) is 17.3 Å². The van der Waals surface area contributed by atoms with Gasteiger partial charge in [-0.3, -0.25) is 29.4 Å². The normalized spacial score (nSPS) is 22.5. The molecule has 3 atom stereocenters. The van der Waals surface area contributed by atoms with Crippen LogP contribution in [0.5, 0.6) is 5.75 Å². The summed E-state index contributed by atoms with van der Waals surface area (Å²) < 4.78 is 8.43. The number of imide groups is 1. The van der Waals surface area contributed by atoms with Crippen LogP contribution in [-0.4, -0.2) is 88.1 Å². The molecule has 3 unspecified atom stereocenters. The van der Waals surface area contributed by atoms with E-state index in [2.05, 4.69) is 25.3 Å². The van der Waals surface area contributed by atoms with Crippen molar-refractivity contribution in [3.63, 3.8) is 0 Å². The van der Waals surface area contributed by atoms with Gasteiger partial charge in [0.05, 0.1) is 27.8 Å². The number of rotatable bonds is 9. The lowest BCUT2D eigenvalue weighted by Gasteiger charge is -2.43. The number of benzene rings is 1. The van der Waals surface area contributed by atoms with E-state index in [1.54, 1.807) is 42.9 Å². The van der Waals surface area contributed by atoms with E-state index in [1.807, 2.05) is 38.1 Å². The Morgan fingerprint density at radius 3 is 2.49 bits per heavy atom. The highest BCUT2D eigenvalue weighted by atomic mass is 32.1. The Labute approximate surface area is 312 Å². The standard InChI is InChI=1S/C39H46N8O5S/c1-23(2)52-32-18-31-33(17-29(32)37(50)41-30-5-4-14-44(3)38(30)51)53-39(42-31)46-21-26-7-8-27(22-46)47(26)20-24-12-15-45(16-13-24)34-10-6-25(19-40-34)28-9-11-35(48)43-36(28)49/h4-6,10,14,17-19,23-24,26-28H,7-9,11-13,15-16,20-22H2,1-3H3,(H,41,50)(H,43,48,49). The molecular formula is C39H46N8O5S. The first-order chi connectivity index (χ1) is 25.6. The van der Waals surface area contributed by atoms with E-state index in [-0.39, 0.29) is 35.1 Å². The van der Waals surface area contributed by atoms with Crippen LogP contribution < -0.4 is 30.7 Å². The molecule has 2 N–H and O–H groups in total. The highest BCUT2D eigenvalue weighted by Gasteiger charge is 2.42. The second-order valence-corrected chi connectivity index (χ2v) is 16.2. The number of amides is 3. The van der Waals surface area contributed by atoms with Crippen molar-refractivity contribution in [1.29, 1.82) is 0 Å². The van der Waals surface area contributed by atoms with E-state index in [4.69, 9.17) is 14.7 Å². The zero-order chi connectivity index (χ0) is 36.8. The topological polar surface area (TPSA) is 142 Å². The van der Waals surface area contributed by atoms with E-state index >= 15 is 0 Å². The van der Waals surface area contributed by atoms with E-state index in [1.165, 1.54) is 17.4 Å². The summed E-state index contributed by atoms with van der Waals surface area (Å²) in [6, 6.07) is 12.0. The molecule has 4 fully saturated rings. The van der Waals surface area contributed by atoms with Gasteiger partial charge in [-0.15, -0.1) is 0 Å². The van der Waals surface area contributed by atoms with Crippen molar-refractivity contribution < 1.29 is 19.1 Å². The summed E-state index contributed by atoms with van der Waals surface area (Å²) in [5, 5.41) is 6.20. The predicted octanol–water partition coefficient (Wildman–Crippen LogP) is 4.52. The van der Waals surface area contributed by atoms with Crippen molar-refractivity contribution in [2.45, 2.75) is 76.5 Å². The zero-order valence-corrected chi connectivity index (χ0v) is 31.2. The SMILES string of the molecule is CC(C)Oc1cc2nc(N3CC4CCC(C3)N4CC3CCN(c4ccc(C5CCC(=O)NC5=O)cn4)CC3)sc2cc1C(=O)Nc1cccn(C)c1=O. The molecular weight excluding hydrogens is 693 g/mol. The quantitative estimate of drug-likeness (QED) is 0.236. The lowest BCUT2D eigenvalue weighted by molar-refractivity contribution is -0.134. The monoisotopic (exact) mass is 738 g/mol. The third kappa shape index (κ3) is 7.26. The number of aryl methyl sites for hydroxylation is 1. The van der Waals surface area contributed by atoms with Gasteiger partial charge in [-0.05, 0) is 81.7 Å². The minimum atomic E-state index is -0.391. The fourth-order valence-electron chi connectivity index (χ4n) is 8.38. The second kappa shape index (κ2) is 14.5. The minimum Gasteiger partial charge on any atom is -0.490 e. The number of carbonyl (C=O) groups is 3. The van der Waals surface area contributed by atoms with Crippen molar-refractivity contribution in [2.24, 2.45) is 13.0 Å². The number of fused-ring (bicyclic) bond motifs is 3. The van der Waals surface area contributed by atoms with E-state index in [0.717, 1.165) is 72.3 Å². The van der Waals surface area contributed by atoms with Crippen LogP contribution in [0.25, 0.3) is 10.2 Å². The number of carbonyl (C=O) groups excluding carboxylic acids is 3. The molecule has 3 amide bonds. The Kier molecular flexibility index (Phi) is 9.66. The molecule has 0 spiro atoms. The Hall–Kier alpha value is -4.82. The maximum atomic E-state index is 13.5. The van der Waals surface area contributed by atoms with Gasteiger partial charge in [0.25, 0.3) is 11.5 Å². The number of pyridine rings is 2. The lowest BCUT2D eigenvalue weighted by atomic mass is 9.91. The molecule has 4 aliphatic heterocycles. The molecule has 13 nitrogen and oxygen atoms in total. The first-order valence-corrected chi connectivity index (χ1v) is 19.5. The number of ether oxygens (including phenoxy) is 1. The van der Waals surface area contributed by atoms with Crippen molar-refractivity contribution in [2.75, 3.05) is 47.8 Å². The van der Waals surface area contributed by atoms with E-state index in [9.17, 15) is 19.2 Å². The molecule has 0 radical (unpaired) electrons. The molecule has 0 saturated carbocycles. The van der Waals surface area contributed by atoms with Crippen LogP contribution in [0.4, 0.5) is 16.6 Å². The average Bonchev–Trinajstić information content (AvgIpc) is 3.65. The van der Waals surface area contributed by atoms with Crippen LogP contribution in [0.2, 0.25) is 0 Å². The van der Waals surface area contributed by atoms with Crippen molar-refractivity contribution in [3.05, 3.63) is 70.3 Å². The van der Waals surface area contributed by atoms with E-state index in [0.29, 0.717) is 42.2 Å². The molecule has 2 bridgehead atoms. The van der Waals surface area contributed by atoms with Crippen molar-refractivity contribution in [3.8, 4) is 5.75 Å². The van der Waals surface area contributed by atoms with Gasteiger partial charge in [0, 0.05) is 76.7 Å². The Balaban J connectivity index is 0.896. The van der Waals surface area contributed by atoms with Crippen molar-refractivity contribution in [1.82, 2.24) is 24.8 Å². The van der Waals surface area contributed by atoms with Gasteiger partial charge < -0.3 is 24.4 Å². The number of hydrogen-bond acceptors (Lipinski definition) is 11. The molecule has 3 aromatic heterocycles. The Morgan fingerprint density at radius 2 is 1.79 bits per heavy atom.